The Bertz CT molecular complexity index is 1230. The number of ether oxygens (including phenoxy) is 4. The Morgan fingerprint density at radius 1 is 0.719 bits per heavy atom. The number of hydrogen-bond acceptors (Lipinski definition) is 6. The van der Waals surface area contributed by atoms with Crippen LogP contribution < -0.4 is 24.3 Å². The van der Waals surface area contributed by atoms with Gasteiger partial charge in [0.25, 0.3) is 5.91 Å². The highest BCUT2D eigenvalue weighted by atomic mass is 79.9. The second-order valence-electron chi connectivity index (χ2n) is 7.16. The van der Waals surface area contributed by atoms with E-state index < -0.39 is 0 Å². The molecule has 0 radical (unpaired) electrons. The van der Waals surface area contributed by atoms with Gasteiger partial charge in [-0.2, -0.15) is 0 Å². The van der Waals surface area contributed by atoms with Crippen molar-refractivity contribution in [2.24, 2.45) is 0 Å². The molecule has 2 heterocycles. The van der Waals surface area contributed by atoms with E-state index in [0.29, 0.717) is 76.3 Å². The van der Waals surface area contributed by atoms with Crippen LogP contribution in [0.5, 0.6) is 23.0 Å². The Morgan fingerprint density at radius 2 is 1.34 bits per heavy atom. The molecular weight excluding hydrogens is 478 g/mol. The van der Waals surface area contributed by atoms with Gasteiger partial charge in [0.15, 0.2) is 28.8 Å². The highest BCUT2D eigenvalue weighted by molar-refractivity contribution is 9.10. The highest BCUT2D eigenvalue weighted by Crippen LogP contribution is 2.38. The molecule has 0 aromatic heterocycles. The van der Waals surface area contributed by atoms with Gasteiger partial charge in [-0.15, -0.1) is 0 Å². The molecule has 162 valence electrons. The molecule has 1 amide bonds. The van der Waals surface area contributed by atoms with Crippen molar-refractivity contribution in [2.75, 3.05) is 31.7 Å². The number of carbonyl (C=O) groups excluding carboxylic acids is 2. The molecule has 0 aliphatic carbocycles. The van der Waals surface area contributed by atoms with E-state index in [9.17, 15) is 9.59 Å². The second kappa shape index (κ2) is 8.55. The van der Waals surface area contributed by atoms with Gasteiger partial charge < -0.3 is 24.3 Å². The van der Waals surface area contributed by atoms with Gasteiger partial charge in [0.1, 0.15) is 26.4 Å². The van der Waals surface area contributed by atoms with Crippen molar-refractivity contribution >= 4 is 33.3 Å². The largest absolute Gasteiger partial charge is 0.486 e. The maximum atomic E-state index is 13.4. The van der Waals surface area contributed by atoms with E-state index in [1.165, 1.54) is 0 Å². The standard InChI is InChI=1S/C24H18BrNO6/c25-17-4-2-1-3-15(17)23(27)16-12-21-22(32-10-9-31-21)13-18(16)26-24(28)14-5-6-19-20(11-14)30-8-7-29-19/h1-6,11-13H,7-10H2,(H,26,28). The maximum Gasteiger partial charge on any atom is 0.255 e. The third-order valence-electron chi connectivity index (χ3n) is 5.10. The summed E-state index contributed by atoms with van der Waals surface area (Å²) in [5.74, 6) is 1.39. The topological polar surface area (TPSA) is 83.1 Å². The van der Waals surface area contributed by atoms with Gasteiger partial charge in [-0.25, -0.2) is 0 Å². The van der Waals surface area contributed by atoms with Crippen LogP contribution in [0, 0.1) is 0 Å². The fraction of sp³-hybridized carbons (Fsp3) is 0.167. The van der Waals surface area contributed by atoms with Crippen LogP contribution in [0.15, 0.2) is 59.1 Å². The number of rotatable bonds is 4. The zero-order valence-corrected chi connectivity index (χ0v) is 18.4. The zero-order chi connectivity index (χ0) is 22.1. The average molecular weight is 496 g/mol. The molecule has 0 unspecified atom stereocenters. The molecule has 0 fully saturated rings. The molecular formula is C24H18BrNO6. The van der Waals surface area contributed by atoms with Crippen molar-refractivity contribution in [3.8, 4) is 23.0 Å². The predicted molar refractivity (Wildman–Crippen MR) is 120 cm³/mol. The van der Waals surface area contributed by atoms with E-state index in [0.717, 1.165) is 0 Å². The van der Waals surface area contributed by atoms with Gasteiger partial charge >= 0.3 is 0 Å². The molecule has 3 aromatic carbocycles. The van der Waals surface area contributed by atoms with Crippen LogP contribution in [0.2, 0.25) is 0 Å². The summed E-state index contributed by atoms with van der Waals surface area (Å²) in [5.41, 5.74) is 1.48. The average Bonchev–Trinajstić information content (AvgIpc) is 2.83. The molecule has 0 bridgehead atoms. The van der Waals surface area contributed by atoms with Crippen molar-refractivity contribution in [1.82, 2.24) is 0 Å². The quantitative estimate of drug-likeness (QED) is 0.537. The van der Waals surface area contributed by atoms with Gasteiger partial charge in [-0.05, 0) is 36.4 Å². The molecule has 0 saturated heterocycles. The Balaban J connectivity index is 1.52. The fourth-order valence-corrected chi connectivity index (χ4v) is 4.01. The minimum absolute atomic E-state index is 0.257. The fourth-order valence-electron chi connectivity index (χ4n) is 3.55. The van der Waals surface area contributed by atoms with Crippen LogP contribution in [-0.2, 0) is 0 Å². The smallest absolute Gasteiger partial charge is 0.255 e. The third-order valence-corrected chi connectivity index (χ3v) is 5.79. The van der Waals surface area contributed by atoms with Gasteiger partial charge in [0.2, 0.25) is 0 Å². The lowest BCUT2D eigenvalue weighted by molar-refractivity contribution is 0.102. The van der Waals surface area contributed by atoms with Crippen LogP contribution >= 0.6 is 15.9 Å². The van der Waals surface area contributed by atoms with E-state index in [1.807, 2.05) is 6.07 Å². The molecule has 2 aliphatic rings. The zero-order valence-electron chi connectivity index (χ0n) is 16.9. The van der Waals surface area contributed by atoms with Crippen molar-refractivity contribution in [1.29, 1.82) is 0 Å². The SMILES string of the molecule is O=C(Nc1cc2c(cc1C(=O)c1ccccc1Br)OCCO2)c1ccc2c(c1)OCCO2. The Labute approximate surface area is 192 Å². The van der Waals surface area contributed by atoms with Gasteiger partial charge in [-0.3, -0.25) is 9.59 Å². The van der Waals surface area contributed by atoms with Gasteiger partial charge in [-0.1, -0.05) is 28.1 Å². The van der Waals surface area contributed by atoms with Crippen molar-refractivity contribution in [2.45, 2.75) is 0 Å². The van der Waals surface area contributed by atoms with E-state index in [1.54, 1.807) is 48.5 Å². The lowest BCUT2D eigenvalue weighted by Crippen LogP contribution is -2.20. The lowest BCUT2D eigenvalue weighted by atomic mass is 10.0. The minimum atomic E-state index is -0.389. The first-order valence-corrected chi connectivity index (χ1v) is 10.8. The summed E-state index contributed by atoms with van der Waals surface area (Å²) in [6, 6.07) is 15.3. The second-order valence-corrected chi connectivity index (χ2v) is 8.02. The normalized spacial score (nSPS) is 13.9. The number of anilines is 1. The monoisotopic (exact) mass is 495 g/mol. The number of fused-ring (bicyclic) bond motifs is 2. The summed E-state index contributed by atoms with van der Waals surface area (Å²) in [7, 11) is 0. The number of ketones is 1. The number of carbonyl (C=O) groups is 2. The number of amides is 1. The third kappa shape index (κ3) is 3.89. The summed E-state index contributed by atoms with van der Waals surface area (Å²) >= 11 is 3.43. The summed E-state index contributed by atoms with van der Waals surface area (Å²) < 4.78 is 23.1. The highest BCUT2D eigenvalue weighted by Gasteiger charge is 2.24. The first kappa shape index (κ1) is 20.4. The van der Waals surface area contributed by atoms with Crippen LogP contribution in [0.25, 0.3) is 0 Å². The maximum absolute atomic E-state index is 13.4. The minimum Gasteiger partial charge on any atom is -0.486 e. The number of benzene rings is 3. The van der Waals surface area contributed by atoms with Crippen LogP contribution in [0.3, 0.4) is 0 Å². The molecule has 8 heteroatoms. The summed E-state index contributed by atoms with van der Waals surface area (Å²) in [4.78, 5) is 26.4. The number of hydrogen-bond donors (Lipinski definition) is 1. The molecule has 5 rings (SSSR count). The first-order valence-electron chi connectivity index (χ1n) is 10.0. The molecule has 7 nitrogen and oxygen atoms in total. The molecule has 3 aromatic rings. The Hall–Kier alpha value is -3.52. The van der Waals surface area contributed by atoms with E-state index in [-0.39, 0.29) is 11.7 Å². The van der Waals surface area contributed by atoms with Gasteiger partial charge in [0, 0.05) is 21.7 Å². The summed E-state index contributed by atoms with van der Waals surface area (Å²) in [6.07, 6.45) is 0. The van der Waals surface area contributed by atoms with Crippen LogP contribution in [-0.4, -0.2) is 38.1 Å². The Morgan fingerprint density at radius 3 is 2.06 bits per heavy atom. The molecule has 0 saturated carbocycles. The first-order chi connectivity index (χ1) is 15.6. The summed E-state index contributed by atoms with van der Waals surface area (Å²) in [6.45, 7) is 1.67. The van der Waals surface area contributed by atoms with Crippen LogP contribution in [0.1, 0.15) is 26.3 Å². The van der Waals surface area contributed by atoms with E-state index in [4.69, 9.17) is 18.9 Å². The van der Waals surface area contributed by atoms with E-state index >= 15 is 0 Å². The summed E-state index contributed by atoms with van der Waals surface area (Å²) in [5, 5.41) is 2.85. The van der Waals surface area contributed by atoms with E-state index in [2.05, 4.69) is 21.2 Å². The van der Waals surface area contributed by atoms with Crippen LogP contribution in [0.4, 0.5) is 5.69 Å². The van der Waals surface area contributed by atoms with Crippen molar-refractivity contribution < 1.29 is 28.5 Å². The molecule has 0 atom stereocenters. The van der Waals surface area contributed by atoms with Crippen molar-refractivity contribution in [3.63, 3.8) is 0 Å². The molecule has 2 aliphatic heterocycles. The van der Waals surface area contributed by atoms with Gasteiger partial charge in [0.05, 0.1) is 11.3 Å². The Kier molecular flexibility index (Phi) is 5.45. The molecule has 0 spiro atoms. The van der Waals surface area contributed by atoms with Crippen molar-refractivity contribution in [3.05, 3.63) is 75.8 Å². The molecule has 32 heavy (non-hydrogen) atoms. The number of halogens is 1. The number of nitrogens with one attached hydrogen (secondary N) is 1. The lowest BCUT2D eigenvalue weighted by Gasteiger charge is -2.22. The predicted octanol–water partition coefficient (Wildman–Crippen LogP) is 4.47. The molecule has 1 N–H and O–H groups in total.